The number of hydrogen-bond acceptors (Lipinski definition) is 1. The Morgan fingerprint density at radius 2 is 1.92 bits per heavy atom. The molecule has 0 unspecified atom stereocenters. The Hall–Kier alpha value is -2.82. The molecule has 1 aliphatic rings. The van der Waals surface area contributed by atoms with Crippen LogP contribution in [0.2, 0.25) is 0 Å². The van der Waals surface area contributed by atoms with E-state index in [0.717, 1.165) is 18.4 Å². The maximum absolute atomic E-state index is 13.0. The van der Waals surface area contributed by atoms with Crippen LogP contribution in [0, 0.1) is 12.7 Å². The van der Waals surface area contributed by atoms with Crippen LogP contribution in [-0.2, 0) is 19.4 Å². The average Bonchev–Trinajstić information content (AvgIpc) is 2.84. The number of nitrogens with one attached hydrogen (secondary N) is 2. The molecule has 26 heavy (non-hydrogen) atoms. The van der Waals surface area contributed by atoms with Crippen molar-refractivity contribution in [2.24, 2.45) is 0 Å². The molecule has 1 aliphatic heterocycles. The molecule has 2 aromatic carbocycles. The van der Waals surface area contributed by atoms with Gasteiger partial charge in [-0.2, -0.15) is 0 Å². The van der Waals surface area contributed by atoms with Crippen LogP contribution in [0.3, 0.4) is 0 Å². The first kappa shape index (κ1) is 16.6. The third-order valence-corrected chi connectivity index (χ3v) is 5.06. The van der Waals surface area contributed by atoms with E-state index in [1.54, 1.807) is 12.1 Å². The monoisotopic (exact) mass is 351 g/mol. The summed E-state index contributed by atoms with van der Waals surface area (Å²) in [5, 5.41) is 4.21. The second-order valence-corrected chi connectivity index (χ2v) is 6.90. The van der Waals surface area contributed by atoms with Gasteiger partial charge in [-0.1, -0.05) is 23.8 Å². The lowest BCUT2D eigenvalue weighted by atomic mass is 10.1. The van der Waals surface area contributed by atoms with Crippen LogP contribution in [0.1, 0.15) is 22.4 Å². The summed E-state index contributed by atoms with van der Waals surface area (Å²) < 4.78 is 13.0. The maximum Gasteiger partial charge on any atom is 0.317 e. The van der Waals surface area contributed by atoms with Crippen LogP contribution in [-0.4, -0.2) is 29.0 Å². The molecule has 4 rings (SSSR count). The Bertz CT molecular complexity index is 946. The summed E-state index contributed by atoms with van der Waals surface area (Å²) in [6.45, 7) is 3.89. The number of halogens is 1. The molecule has 0 atom stereocenters. The summed E-state index contributed by atoms with van der Waals surface area (Å²) in [6.07, 6.45) is 1.68. The van der Waals surface area contributed by atoms with Crippen molar-refractivity contribution in [1.29, 1.82) is 0 Å². The predicted molar refractivity (Wildman–Crippen MR) is 101 cm³/mol. The Morgan fingerprint density at radius 3 is 2.73 bits per heavy atom. The maximum atomic E-state index is 13.0. The fourth-order valence-corrected chi connectivity index (χ4v) is 3.62. The van der Waals surface area contributed by atoms with E-state index in [9.17, 15) is 9.18 Å². The number of aromatic nitrogens is 1. The van der Waals surface area contributed by atoms with E-state index in [2.05, 4.69) is 35.4 Å². The van der Waals surface area contributed by atoms with Crippen LogP contribution in [0.4, 0.5) is 9.18 Å². The van der Waals surface area contributed by atoms with Crippen molar-refractivity contribution in [2.45, 2.75) is 26.3 Å². The first-order chi connectivity index (χ1) is 12.6. The van der Waals surface area contributed by atoms with Crippen molar-refractivity contribution in [1.82, 2.24) is 15.2 Å². The van der Waals surface area contributed by atoms with Crippen molar-refractivity contribution < 1.29 is 9.18 Å². The highest BCUT2D eigenvalue weighted by Crippen LogP contribution is 2.26. The highest BCUT2D eigenvalue weighted by Gasteiger charge is 2.21. The summed E-state index contributed by atoms with van der Waals surface area (Å²) in [5.41, 5.74) is 5.88. The molecule has 0 radical (unpaired) electrons. The van der Waals surface area contributed by atoms with E-state index in [0.29, 0.717) is 19.6 Å². The zero-order chi connectivity index (χ0) is 18.1. The molecule has 2 amide bonds. The van der Waals surface area contributed by atoms with Gasteiger partial charge in [0.05, 0.1) is 0 Å². The summed E-state index contributed by atoms with van der Waals surface area (Å²) in [6, 6.07) is 12.6. The fourth-order valence-electron chi connectivity index (χ4n) is 3.62. The molecule has 134 valence electrons. The number of nitrogens with zero attached hydrogens (tertiary/aromatic N) is 1. The van der Waals surface area contributed by atoms with Crippen molar-refractivity contribution in [3.05, 3.63) is 70.7 Å². The van der Waals surface area contributed by atoms with Gasteiger partial charge < -0.3 is 15.2 Å². The standard InChI is InChI=1S/C21H22FN3O/c1-14-2-7-19-18(12-14)17-8-10-25(11-9-20(17)24-19)21(26)23-13-15-3-5-16(22)6-4-15/h2-7,12,24H,8-11,13H2,1H3,(H,23,26). The van der Waals surface area contributed by atoms with Gasteiger partial charge >= 0.3 is 6.03 Å². The van der Waals surface area contributed by atoms with Gasteiger partial charge in [0.2, 0.25) is 0 Å². The molecule has 0 aliphatic carbocycles. The Labute approximate surface area is 152 Å². The third kappa shape index (κ3) is 3.29. The first-order valence-electron chi connectivity index (χ1n) is 8.97. The number of H-pyrrole nitrogens is 1. The number of hydrogen-bond donors (Lipinski definition) is 2. The van der Waals surface area contributed by atoms with Crippen LogP contribution >= 0.6 is 0 Å². The Morgan fingerprint density at radius 1 is 1.15 bits per heavy atom. The lowest BCUT2D eigenvalue weighted by Gasteiger charge is -2.21. The Kier molecular flexibility index (Phi) is 4.37. The molecule has 0 saturated heterocycles. The van der Waals surface area contributed by atoms with Gasteiger partial charge in [-0.05, 0) is 48.7 Å². The van der Waals surface area contributed by atoms with Gasteiger partial charge in [0.25, 0.3) is 0 Å². The number of amides is 2. The summed E-state index contributed by atoms with van der Waals surface area (Å²) >= 11 is 0. The summed E-state index contributed by atoms with van der Waals surface area (Å²) in [7, 11) is 0. The molecule has 5 heteroatoms. The molecule has 2 N–H and O–H groups in total. The molecule has 4 nitrogen and oxygen atoms in total. The quantitative estimate of drug-likeness (QED) is 0.722. The Balaban J connectivity index is 1.42. The smallest absolute Gasteiger partial charge is 0.317 e. The minimum absolute atomic E-state index is 0.0695. The highest BCUT2D eigenvalue weighted by molar-refractivity contribution is 5.85. The zero-order valence-corrected chi connectivity index (χ0v) is 14.8. The zero-order valence-electron chi connectivity index (χ0n) is 14.8. The van der Waals surface area contributed by atoms with Crippen LogP contribution < -0.4 is 5.32 Å². The number of urea groups is 1. The molecule has 2 heterocycles. The number of fused-ring (bicyclic) bond motifs is 3. The van der Waals surface area contributed by atoms with Crippen molar-refractivity contribution in [2.75, 3.05) is 13.1 Å². The van der Waals surface area contributed by atoms with Crippen molar-refractivity contribution in [3.63, 3.8) is 0 Å². The molecule has 0 spiro atoms. The van der Waals surface area contributed by atoms with Crippen LogP contribution in [0.5, 0.6) is 0 Å². The number of carbonyl (C=O) groups is 1. The topological polar surface area (TPSA) is 48.1 Å². The van der Waals surface area contributed by atoms with Gasteiger partial charge in [0.15, 0.2) is 0 Å². The van der Waals surface area contributed by atoms with Gasteiger partial charge in [-0.25, -0.2) is 9.18 Å². The third-order valence-electron chi connectivity index (χ3n) is 5.06. The average molecular weight is 351 g/mol. The van der Waals surface area contributed by atoms with E-state index < -0.39 is 0 Å². The lowest BCUT2D eigenvalue weighted by molar-refractivity contribution is 0.200. The van der Waals surface area contributed by atoms with Crippen molar-refractivity contribution >= 4 is 16.9 Å². The van der Waals surface area contributed by atoms with Gasteiger partial charge in [0.1, 0.15) is 5.82 Å². The van der Waals surface area contributed by atoms with Crippen LogP contribution in [0.15, 0.2) is 42.5 Å². The van der Waals surface area contributed by atoms with E-state index in [-0.39, 0.29) is 11.8 Å². The summed E-state index contributed by atoms with van der Waals surface area (Å²) in [5.74, 6) is -0.267. The largest absolute Gasteiger partial charge is 0.358 e. The number of aryl methyl sites for hydroxylation is 1. The van der Waals surface area contributed by atoms with E-state index >= 15 is 0 Å². The van der Waals surface area contributed by atoms with Gasteiger partial charge in [0, 0.05) is 42.7 Å². The number of rotatable bonds is 2. The van der Waals surface area contributed by atoms with Gasteiger partial charge in [-0.3, -0.25) is 0 Å². The van der Waals surface area contributed by atoms with E-state index in [4.69, 9.17) is 0 Å². The lowest BCUT2D eigenvalue weighted by Crippen LogP contribution is -2.41. The normalized spacial score (nSPS) is 14.2. The second-order valence-electron chi connectivity index (χ2n) is 6.90. The number of benzene rings is 2. The van der Waals surface area contributed by atoms with E-state index in [1.807, 2.05) is 4.90 Å². The van der Waals surface area contributed by atoms with E-state index in [1.165, 1.54) is 39.9 Å². The second kappa shape index (κ2) is 6.83. The first-order valence-corrected chi connectivity index (χ1v) is 8.97. The minimum Gasteiger partial charge on any atom is -0.358 e. The van der Waals surface area contributed by atoms with Gasteiger partial charge in [-0.15, -0.1) is 0 Å². The minimum atomic E-state index is -0.267. The molecule has 1 aromatic heterocycles. The molecule has 0 bridgehead atoms. The van der Waals surface area contributed by atoms with Crippen LogP contribution in [0.25, 0.3) is 10.9 Å². The van der Waals surface area contributed by atoms with Crippen molar-refractivity contribution in [3.8, 4) is 0 Å². The molecular formula is C21H22FN3O. The number of aromatic amines is 1. The SMILES string of the molecule is Cc1ccc2[nH]c3c(c2c1)CCN(C(=O)NCc1ccc(F)cc1)CC3. The molecule has 0 saturated carbocycles. The fraction of sp³-hybridized carbons (Fsp3) is 0.286. The molecular weight excluding hydrogens is 329 g/mol. The summed E-state index contributed by atoms with van der Waals surface area (Å²) in [4.78, 5) is 17.9. The number of carbonyl (C=O) groups excluding carboxylic acids is 1. The molecule has 3 aromatic rings. The highest BCUT2D eigenvalue weighted by atomic mass is 19.1. The predicted octanol–water partition coefficient (Wildman–Crippen LogP) is 3.93. The molecule has 0 fully saturated rings.